The first-order chi connectivity index (χ1) is 14.0. The van der Waals surface area contributed by atoms with Crippen LogP contribution in [0.1, 0.15) is 31.2 Å². The zero-order chi connectivity index (χ0) is 19.9. The van der Waals surface area contributed by atoms with Gasteiger partial charge in [0.05, 0.1) is 10.6 Å². The van der Waals surface area contributed by atoms with Gasteiger partial charge in [0, 0.05) is 17.7 Å². The van der Waals surface area contributed by atoms with Crippen LogP contribution < -0.4 is 4.31 Å². The first-order valence-electron chi connectivity index (χ1n) is 10.1. The molecule has 29 heavy (non-hydrogen) atoms. The van der Waals surface area contributed by atoms with Crippen LogP contribution in [0.15, 0.2) is 76.4 Å². The van der Waals surface area contributed by atoms with Gasteiger partial charge in [0.2, 0.25) is 5.66 Å². The lowest BCUT2D eigenvalue weighted by molar-refractivity contribution is 0.0595. The largest absolute Gasteiger partial charge is 0.268 e. The summed E-state index contributed by atoms with van der Waals surface area (Å²) in [7, 11) is -3.87. The van der Waals surface area contributed by atoms with E-state index in [0.717, 1.165) is 43.4 Å². The zero-order valence-corrected chi connectivity index (χ0v) is 16.8. The minimum Gasteiger partial charge on any atom is -0.268 e. The molecule has 2 aromatic carbocycles. The maximum absolute atomic E-state index is 14.0. The highest BCUT2D eigenvalue weighted by atomic mass is 32.2. The number of anilines is 1. The molecule has 1 saturated carbocycles. The summed E-state index contributed by atoms with van der Waals surface area (Å²) in [5.41, 5.74) is 0.636. The third-order valence-corrected chi connectivity index (χ3v) is 9.04. The van der Waals surface area contributed by atoms with Gasteiger partial charge in [0.1, 0.15) is 5.54 Å². The summed E-state index contributed by atoms with van der Waals surface area (Å²) in [6, 6.07) is 16.2. The molecule has 0 amide bonds. The Morgan fingerprint density at radius 3 is 2.62 bits per heavy atom. The number of benzene rings is 2. The van der Waals surface area contributed by atoms with E-state index >= 15 is 0 Å². The van der Waals surface area contributed by atoms with Crippen molar-refractivity contribution in [3.63, 3.8) is 0 Å². The van der Waals surface area contributed by atoms with Crippen LogP contribution in [-0.2, 0) is 10.0 Å². The lowest BCUT2D eigenvalue weighted by atomic mass is 9.75. The predicted molar refractivity (Wildman–Crippen MR) is 111 cm³/mol. The Labute approximate surface area is 170 Å². The second-order valence-corrected chi connectivity index (χ2v) is 10.3. The van der Waals surface area contributed by atoms with Crippen molar-refractivity contribution in [3.05, 3.63) is 66.7 Å². The third kappa shape index (κ3) is 1.89. The van der Waals surface area contributed by atoms with E-state index in [4.69, 9.17) is 5.11 Å². The van der Waals surface area contributed by atoms with Crippen molar-refractivity contribution in [2.75, 3.05) is 10.8 Å². The van der Waals surface area contributed by atoms with Gasteiger partial charge >= 0.3 is 0 Å². The Hall–Kier alpha value is -2.67. The lowest BCUT2D eigenvalue weighted by Gasteiger charge is -2.48. The standard InChI is InChI=1S/C22H22N4O2S/c1-16-19-9-5-6-10-20(19)26(29(27,28)18-7-3-2-4-8-18)22(16)21-13-11-17(15-21)12-14-25(21)24-23-22/h2-10,17H,1,11-15H2/t17-,21-,22?/m0/s1. The number of sulfonamides is 1. The van der Waals surface area contributed by atoms with Gasteiger partial charge in [-0.2, -0.15) is 0 Å². The van der Waals surface area contributed by atoms with Gasteiger partial charge in [-0.25, -0.2) is 12.7 Å². The van der Waals surface area contributed by atoms with E-state index in [0.29, 0.717) is 11.6 Å². The molecule has 6 nitrogen and oxygen atoms in total. The first-order valence-corrected chi connectivity index (χ1v) is 11.5. The minimum absolute atomic E-state index is 0.263. The van der Waals surface area contributed by atoms with Crippen LogP contribution in [0.25, 0.3) is 5.57 Å². The van der Waals surface area contributed by atoms with E-state index in [1.807, 2.05) is 30.3 Å². The van der Waals surface area contributed by atoms with Gasteiger partial charge in [-0.1, -0.05) is 48.2 Å². The second kappa shape index (κ2) is 5.48. The Morgan fingerprint density at radius 2 is 1.79 bits per heavy atom. The third-order valence-electron chi connectivity index (χ3n) is 7.23. The summed E-state index contributed by atoms with van der Waals surface area (Å²) in [5.74, 6) is 0.587. The fraction of sp³-hybridized carbons (Fsp3) is 0.364. The lowest BCUT2D eigenvalue weighted by Crippen LogP contribution is -2.66. The molecule has 3 aliphatic heterocycles. The molecule has 3 atom stereocenters. The van der Waals surface area contributed by atoms with Crippen LogP contribution in [0.3, 0.4) is 0 Å². The van der Waals surface area contributed by atoms with E-state index in [9.17, 15) is 8.42 Å². The Kier molecular flexibility index (Phi) is 3.25. The summed E-state index contributed by atoms with van der Waals surface area (Å²) in [5, 5.41) is 11.3. The SMILES string of the molecule is C=C1c2ccccc2N(S(=O)(=O)c2ccccc2)C12N=NN1CC[C@@H]3CC[C@@]12C3. The van der Waals surface area contributed by atoms with E-state index < -0.39 is 21.2 Å². The summed E-state index contributed by atoms with van der Waals surface area (Å²) < 4.78 is 29.6. The molecule has 1 saturated heterocycles. The summed E-state index contributed by atoms with van der Waals surface area (Å²) in [6.45, 7) is 5.22. The second-order valence-electron chi connectivity index (χ2n) is 8.49. The van der Waals surface area contributed by atoms with Crippen molar-refractivity contribution in [3.8, 4) is 0 Å². The quantitative estimate of drug-likeness (QED) is 0.750. The zero-order valence-electron chi connectivity index (χ0n) is 16.0. The average molecular weight is 407 g/mol. The predicted octanol–water partition coefficient (Wildman–Crippen LogP) is 4.23. The molecule has 2 spiro atoms. The van der Waals surface area contributed by atoms with Crippen molar-refractivity contribution in [2.45, 2.75) is 41.8 Å². The van der Waals surface area contributed by atoms with Crippen LogP contribution in [0.5, 0.6) is 0 Å². The first kappa shape index (κ1) is 17.2. The number of hydrogen-bond acceptors (Lipinski definition) is 5. The van der Waals surface area contributed by atoms with Crippen LogP contribution in [0.2, 0.25) is 0 Å². The molecule has 0 aromatic heterocycles. The molecule has 148 valence electrons. The summed E-state index contributed by atoms with van der Waals surface area (Å²) >= 11 is 0. The Morgan fingerprint density at radius 1 is 1.03 bits per heavy atom. The highest BCUT2D eigenvalue weighted by Gasteiger charge is 2.72. The van der Waals surface area contributed by atoms with Gasteiger partial charge in [0.25, 0.3) is 10.0 Å². The average Bonchev–Trinajstić information content (AvgIpc) is 3.36. The van der Waals surface area contributed by atoms with Crippen LogP contribution in [0.4, 0.5) is 5.69 Å². The fourth-order valence-electron chi connectivity index (χ4n) is 5.93. The molecule has 4 aliphatic rings. The topological polar surface area (TPSA) is 65.3 Å². The van der Waals surface area contributed by atoms with Crippen molar-refractivity contribution >= 4 is 21.3 Å². The summed E-state index contributed by atoms with van der Waals surface area (Å²) in [4.78, 5) is 0.263. The van der Waals surface area contributed by atoms with Crippen LogP contribution in [-0.4, -0.2) is 31.2 Å². The Balaban J connectivity index is 1.65. The molecule has 0 N–H and O–H groups in total. The molecule has 2 aromatic rings. The van der Waals surface area contributed by atoms with Crippen LogP contribution in [0, 0.1) is 5.92 Å². The number of para-hydroxylation sites is 1. The number of rotatable bonds is 2. The molecule has 1 aliphatic carbocycles. The van der Waals surface area contributed by atoms with Crippen LogP contribution >= 0.6 is 0 Å². The molecular formula is C22H22N4O2S. The fourth-order valence-corrected chi connectivity index (χ4v) is 7.72. The number of nitrogens with zero attached hydrogens (tertiary/aromatic N) is 4. The molecule has 0 radical (unpaired) electrons. The molecule has 2 bridgehead atoms. The highest BCUT2D eigenvalue weighted by molar-refractivity contribution is 7.93. The van der Waals surface area contributed by atoms with Gasteiger partial charge in [-0.05, 0) is 49.8 Å². The summed E-state index contributed by atoms with van der Waals surface area (Å²) in [6.07, 6.45) is 3.93. The monoisotopic (exact) mass is 406 g/mol. The molecule has 7 heteroatoms. The van der Waals surface area contributed by atoms with E-state index in [2.05, 4.69) is 16.8 Å². The molecule has 6 rings (SSSR count). The van der Waals surface area contributed by atoms with Crippen molar-refractivity contribution in [1.29, 1.82) is 0 Å². The van der Waals surface area contributed by atoms with Gasteiger partial charge in [0.15, 0.2) is 0 Å². The number of hydrogen-bond donors (Lipinski definition) is 0. The van der Waals surface area contributed by atoms with Crippen molar-refractivity contribution in [1.82, 2.24) is 5.01 Å². The van der Waals surface area contributed by atoms with Crippen molar-refractivity contribution < 1.29 is 8.42 Å². The highest BCUT2D eigenvalue weighted by Crippen LogP contribution is 2.64. The van der Waals surface area contributed by atoms with Gasteiger partial charge in [-0.3, -0.25) is 5.01 Å². The molecule has 2 fully saturated rings. The smallest absolute Gasteiger partial charge is 0.266 e. The van der Waals surface area contributed by atoms with E-state index in [1.165, 1.54) is 4.31 Å². The molecule has 1 unspecified atom stereocenters. The Bertz CT molecular complexity index is 1160. The van der Waals surface area contributed by atoms with Gasteiger partial charge < -0.3 is 0 Å². The molecule has 3 heterocycles. The van der Waals surface area contributed by atoms with E-state index in [-0.39, 0.29) is 4.90 Å². The maximum atomic E-state index is 14.0. The normalized spacial score (nSPS) is 32.1. The maximum Gasteiger partial charge on any atom is 0.266 e. The van der Waals surface area contributed by atoms with E-state index in [1.54, 1.807) is 24.3 Å². The number of piperidine rings is 1. The van der Waals surface area contributed by atoms with Crippen molar-refractivity contribution in [2.24, 2.45) is 16.3 Å². The van der Waals surface area contributed by atoms with Gasteiger partial charge in [-0.15, -0.1) is 5.11 Å². The molecular weight excluding hydrogens is 384 g/mol. The minimum atomic E-state index is -3.87. The number of fused-ring (bicyclic) bond motifs is 2.